The Labute approximate surface area is 138 Å². The number of rotatable bonds is 5. The molecule has 0 bridgehead atoms. The zero-order chi connectivity index (χ0) is 17.5. The molecular weight excluding hydrogens is 312 g/mol. The standard InChI is InChI=1S/C16H14N4O4/c1-23-14-8-13(19-16(20-14)24-2)18-15(22)11(9-17)7-10-5-3-4-6-12(10)21/h3-8,21H,1-2H3,(H,18,19,20,22)/b11-7+. The van der Waals surface area contributed by atoms with Gasteiger partial charge in [-0.1, -0.05) is 18.2 Å². The number of aromatic nitrogens is 2. The van der Waals surface area contributed by atoms with Crippen molar-refractivity contribution in [2.24, 2.45) is 0 Å². The molecule has 2 N–H and O–H groups in total. The maximum Gasteiger partial charge on any atom is 0.321 e. The van der Waals surface area contributed by atoms with Crippen molar-refractivity contribution in [2.75, 3.05) is 19.5 Å². The van der Waals surface area contributed by atoms with E-state index in [1.54, 1.807) is 24.3 Å². The van der Waals surface area contributed by atoms with Crippen LogP contribution in [-0.4, -0.2) is 35.2 Å². The quantitative estimate of drug-likeness (QED) is 0.634. The maximum absolute atomic E-state index is 12.2. The third kappa shape index (κ3) is 3.98. The molecule has 8 nitrogen and oxygen atoms in total. The number of nitriles is 1. The van der Waals surface area contributed by atoms with E-state index in [-0.39, 0.29) is 29.0 Å². The summed E-state index contributed by atoms with van der Waals surface area (Å²) in [5, 5.41) is 21.4. The second-order valence-corrected chi connectivity index (χ2v) is 4.47. The van der Waals surface area contributed by atoms with Gasteiger partial charge in [0.2, 0.25) is 5.88 Å². The molecule has 0 aliphatic heterocycles. The summed E-state index contributed by atoms with van der Waals surface area (Å²) in [5.41, 5.74) is 0.148. The van der Waals surface area contributed by atoms with Gasteiger partial charge in [-0.05, 0) is 12.1 Å². The number of phenolic OH excluding ortho intramolecular Hbond substituents is 1. The van der Waals surface area contributed by atoms with E-state index in [1.807, 2.05) is 0 Å². The molecule has 0 radical (unpaired) electrons. The molecule has 1 heterocycles. The molecule has 0 spiro atoms. The summed E-state index contributed by atoms with van der Waals surface area (Å²) >= 11 is 0. The van der Waals surface area contributed by atoms with Crippen LogP contribution in [0.25, 0.3) is 6.08 Å². The number of para-hydroxylation sites is 1. The Kier molecular flexibility index (Phi) is 5.31. The number of aromatic hydroxyl groups is 1. The van der Waals surface area contributed by atoms with E-state index >= 15 is 0 Å². The summed E-state index contributed by atoms with van der Waals surface area (Å²) < 4.78 is 9.89. The van der Waals surface area contributed by atoms with Crippen LogP contribution in [-0.2, 0) is 4.79 Å². The Hall–Kier alpha value is -3.60. The number of carbonyl (C=O) groups is 1. The topological polar surface area (TPSA) is 117 Å². The van der Waals surface area contributed by atoms with Crippen LogP contribution >= 0.6 is 0 Å². The molecule has 1 aromatic heterocycles. The highest BCUT2D eigenvalue weighted by Crippen LogP contribution is 2.20. The van der Waals surface area contributed by atoms with Gasteiger partial charge in [-0.25, -0.2) is 0 Å². The number of benzene rings is 1. The van der Waals surface area contributed by atoms with Crippen molar-refractivity contribution < 1.29 is 19.4 Å². The van der Waals surface area contributed by atoms with Crippen LogP contribution in [0.3, 0.4) is 0 Å². The summed E-state index contributed by atoms with van der Waals surface area (Å²) in [6.07, 6.45) is 1.28. The van der Waals surface area contributed by atoms with Gasteiger partial charge >= 0.3 is 6.01 Å². The SMILES string of the molecule is COc1cc(NC(=O)/C(C#N)=C/c2ccccc2O)nc(OC)n1. The van der Waals surface area contributed by atoms with E-state index < -0.39 is 5.91 Å². The molecule has 0 aliphatic carbocycles. The van der Waals surface area contributed by atoms with Gasteiger partial charge in [0, 0.05) is 11.6 Å². The molecule has 2 aromatic rings. The molecule has 122 valence electrons. The number of methoxy groups -OCH3 is 2. The van der Waals surface area contributed by atoms with Crippen LogP contribution in [0.2, 0.25) is 0 Å². The molecule has 2 rings (SSSR count). The van der Waals surface area contributed by atoms with Gasteiger partial charge in [-0.2, -0.15) is 15.2 Å². The van der Waals surface area contributed by atoms with Gasteiger partial charge in [0.25, 0.3) is 5.91 Å². The van der Waals surface area contributed by atoms with Crippen molar-refractivity contribution in [3.8, 4) is 23.7 Å². The predicted molar refractivity (Wildman–Crippen MR) is 85.5 cm³/mol. The summed E-state index contributed by atoms with van der Waals surface area (Å²) in [7, 11) is 2.78. The first-order chi connectivity index (χ1) is 11.6. The summed E-state index contributed by atoms with van der Waals surface area (Å²) in [4.78, 5) is 20.1. The first kappa shape index (κ1) is 16.8. The first-order valence-corrected chi connectivity index (χ1v) is 6.75. The molecule has 0 fully saturated rings. The number of anilines is 1. The number of hydrogen-bond donors (Lipinski definition) is 2. The number of hydrogen-bond acceptors (Lipinski definition) is 7. The van der Waals surface area contributed by atoms with Gasteiger partial charge in [0.15, 0.2) is 0 Å². The molecule has 0 saturated carbocycles. The van der Waals surface area contributed by atoms with Gasteiger partial charge in [0.1, 0.15) is 23.2 Å². The number of nitrogens with one attached hydrogen (secondary N) is 1. The van der Waals surface area contributed by atoms with Crippen molar-refractivity contribution in [1.82, 2.24) is 9.97 Å². The summed E-state index contributed by atoms with van der Waals surface area (Å²) in [6.45, 7) is 0. The summed E-state index contributed by atoms with van der Waals surface area (Å²) in [5.74, 6) is -0.422. The van der Waals surface area contributed by atoms with Crippen molar-refractivity contribution in [3.05, 3.63) is 41.5 Å². The third-order valence-corrected chi connectivity index (χ3v) is 2.92. The molecule has 0 saturated heterocycles. The largest absolute Gasteiger partial charge is 0.507 e. The zero-order valence-electron chi connectivity index (χ0n) is 13.0. The van der Waals surface area contributed by atoms with E-state index in [0.29, 0.717) is 5.56 Å². The van der Waals surface area contributed by atoms with Gasteiger partial charge in [0.05, 0.1) is 14.2 Å². The Morgan fingerprint density at radius 2 is 2.04 bits per heavy atom. The number of nitrogens with zero attached hydrogens (tertiary/aromatic N) is 3. The number of ether oxygens (including phenoxy) is 2. The normalized spacial score (nSPS) is 10.6. The third-order valence-electron chi connectivity index (χ3n) is 2.92. The average molecular weight is 326 g/mol. The second kappa shape index (κ2) is 7.60. The molecule has 0 unspecified atom stereocenters. The predicted octanol–water partition coefficient (Wildman–Crippen LogP) is 1.75. The first-order valence-electron chi connectivity index (χ1n) is 6.75. The minimum absolute atomic E-state index is 0.00726. The van der Waals surface area contributed by atoms with Crippen LogP contribution in [0.4, 0.5) is 5.82 Å². The zero-order valence-corrected chi connectivity index (χ0v) is 13.0. The maximum atomic E-state index is 12.2. The van der Waals surface area contributed by atoms with E-state index in [2.05, 4.69) is 15.3 Å². The smallest absolute Gasteiger partial charge is 0.321 e. The Balaban J connectivity index is 2.28. The highest BCUT2D eigenvalue weighted by atomic mass is 16.5. The second-order valence-electron chi connectivity index (χ2n) is 4.47. The van der Waals surface area contributed by atoms with Crippen LogP contribution in [0, 0.1) is 11.3 Å². The highest BCUT2D eigenvalue weighted by molar-refractivity contribution is 6.09. The van der Waals surface area contributed by atoms with E-state index in [4.69, 9.17) is 9.47 Å². The number of amides is 1. The lowest BCUT2D eigenvalue weighted by atomic mass is 10.1. The van der Waals surface area contributed by atoms with Crippen molar-refractivity contribution >= 4 is 17.8 Å². The minimum atomic E-state index is -0.691. The van der Waals surface area contributed by atoms with Crippen LogP contribution in [0.15, 0.2) is 35.9 Å². The number of carbonyl (C=O) groups excluding carboxylic acids is 1. The van der Waals surface area contributed by atoms with E-state index in [9.17, 15) is 15.2 Å². The van der Waals surface area contributed by atoms with Crippen LogP contribution in [0.1, 0.15) is 5.56 Å². The highest BCUT2D eigenvalue weighted by Gasteiger charge is 2.13. The van der Waals surface area contributed by atoms with Gasteiger partial charge < -0.3 is 19.9 Å². The Morgan fingerprint density at radius 3 is 2.67 bits per heavy atom. The van der Waals surface area contributed by atoms with E-state index in [1.165, 1.54) is 32.4 Å². The molecule has 1 aromatic carbocycles. The van der Waals surface area contributed by atoms with E-state index in [0.717, 1.165) is 0 Å². The lowest BCUT2D eigenvalue weighted by Crippen LogP contribution is -2.15. The van der Waals surface area contributed by atoms with Crippen molar-refractivity contribution in [2.45, 2.75) is 0 Å². The fraction of sp³-hybridized carbons (Fsp3) is 0.125. The lowest BCUT2D eigenvalue weighted by molar-refractivity contribution is -0.112. The Bertz CT molecular complexity index is 805. The molecule has 0 atom stereocenters. The van der Waals surface area contributed by atoms with Crippen molar-refractivity contribution in [3.63, 3.8) is 0 Å². The number of phenols is 1. The Morgan fingerprint density at radius 1 is 1.29 bits per heavy atom. The van der Waals surface area contributed by atoms with Crippen molar-refractivity contribution in [1.29, 1.82) is 5.26 Å². The molecule has 1 amide bonds. The fourth-order valence-electron chi connectivity index (χ4n) is 1.76. The molecular formula is C16H14N4O4. The minimum Gasteiger partial charge on any atom is -0.507 e. The fourth-order valence-corrected chi connectivity index (χ4v) is 1.76. The van der Waals surface area contributed by atoms with Crippen LogP contribution < -0.4 is 14.8 Å². The monoisotopic (exact) mass is 326 g/mol. The molecule has 24 heavy (non-hydrogen) atoms. The molecule has 8 heteroatoms. The lowest BCUT2D eigenvalue weighted by Gasteiger charge is -2.07. The average Bonchev–Trinajstić information content (AvgIpc) is 2.60. The van der Waals surface area contributed by atoms with Crippen LogP contribution in [0.5, 0.6) is 17.6 Å². The summed E-state index contributed by atoms with van der Waals surface area (Å²) in [6, 6.07) is 9.53. The van der Waals surface area contributed by atoms with Gasteiger partial charge in [-0.3, -0.25) is 4.79 Å². The van der Waals surface area contributed by atoms with Gasteiger partial charge in [-0.15, -0.1) is 0 Å². The molecule has 0 aliphatic rings.